The number of carboxylic acids is 1. The van der Waals surface area contributed by atoms with Gasteiger partial charge in [0.1, 0.15) is 0 Å². The first-order chi connectivity index (χ1) is 6.77. The first-order valence-electron chi connectivity index (χ1n) is 3.86. The van der Waals surface area contributed by atoms with Crippen molar-refractivity contribution in [2.45, 2.75) is 0 Å². The van der Waals surface area contributed by atoms with Crippen LogP contribution >= 0.6 is 0 Å². The van der Waals surface area contributed by atoms with Crippen LogP contribution in [0, 0.1) is 0 Å². The lowest BCUT2D eigenvalue weighted by Crippen LogP contribution is -1.99. The molecule has 14 heavy (non-hydrogen) atoms. The molecule has 1 N–H and O–H groups in total. The van der Waals surface area contributed by atoms with Gasteiger partial charge in [-0.05, 0) is 12.1 Å². The van der Waals surface area contributed by atoms with E-state index in [9.17, 15) is 4.79 Å². The van der Waals surface area contributed by atoms with Crippen LogP contribution in [0.2, 0.25) is 0 Å². The molecule has 5 nitrogen and oxygen atoms in total. The van der Waals surface area contributed by atoms with Gasteiger partial charge in [-0.2, -0.15) is 0 Å². The first-order valence-corrected chi connectivity index (χ1v) is 3.86. The summed E-state index contributed by atoms with van der Waals surface area (Å²) in [5.74, 6) is -0.155. The topological polar surface area (TPSA) is 76.2 Å². The minimum Gasteiger partial charge on any atom is -0.478 e. The van der Waals surface area contributed by atoms with E-state index in [1.807, 2.05) is 0 Å². The average molecular weight is 190 g/mol. The smallest absolute Gasteiger partial charge is 0.338 e. The molecule has 0 saturated heterocycles. The highest BCUT2D eigenvalue weighted by Crippen LogP contribution is 2.13. The van der Waals surface area contributed by atoms with Crippen molar-refractivity contribution in [2.24, 2.45) is 0 Å². The maximum atomic E-state index is 10.5. The summed E-state index contributed by atoms with van der Waals surface area (Å²) in [5, 5.41) is 8.60. The second-order valence-electron chi connectivity index (χ2n) is 2.58. The molecule has 0 aliphatic carbocycles. The molecular weight excluding hydrogens is 184 g/mol. The summed E-state index contributed by atoms with van der Waals surface area (Å²) in [6.07, 6.45) is 3.99. The van der Waals surface area contributed by atoms with E-state index in [4.69, 9.17) is 9.52 Å². The normalized spacial score (nSPS) is 10.0. The number of furan rings is 1. The Hall–Kier alpha value is -2.17. The lowest BCUT2D eigenvalue weighted by Gasteiger charge is -1.95. The van der Waals surface area contributed by atoms with Crippen LogP contribution < -0.4 is 0 Å². The van der Waals surface area contributed by atoms with Crippen LogP contribution in [0.4, 0.5) is 0 Å². The van der Waals surface area contributed by atoms with Gasteiger partial charge in [-0.15, -0.1) is 0 Å². The van der Waals surface area contributed by atoms with Crippen LogP contribution in [0.5, 0.6) is 0 Å². The molecule has 0 spiro atoms. The number of carboxylic acid groups (broad SMARTS) is 1. The van der Waals surface area contributed by atoms with Crippen LogP contribution in [-0.4, -0.2) is 21.0 Å². The molecule has 2 aromatic rings. The number of aromatic nitrogens is 2. The zero-order valence-electron chi connectivity index (χ0n) is 7.04. The van der Waals surface area contributed by atoms with E-state index < -0.39 is 5.97 Å². The third kappa shape index (κ3) is 1.47. The molecule has 0 fully saturated rings. The van der Waals surface area contributed by atoms with Gasteiger partial charge in [0.15, 0.2) is 11.6 Å². The van der Waals surface area contributed by atoms with E-state index in [-0.39, 0.29) is 5.56 Å². The highest BCUT2D eigenvalue weighted by molar-refractivity contribution is 5.86. The Labute approximate surface area is 79.0 Å². The second-order valence-corrected chi connectivity index (χ2v) is 2.58. The van der Waals surface area contributed by atoms with Crippen LogP contribution in [0.1, 0.15) is 10.4 Å². The molecule has 2 heterocycles. The Balaban J connectivity index is 2.36. The van der Waals surface area contributed by atoms with Crippen molar-refractivity contribution in [3.63, 3.8) is 0 Å². The number of carbonyl (C=O) groups is 1. The summed E-state index contributed by atoms with van der Waals surface area (Å²) in [5.41, 5.74) is 0.0558. The Bertz CT molecular complexity index is 434. The third-order valence-corrected chi connectivity index (χ3v) is 1.64. The van der Waals surface area contributed by atoms with E-state index in [1.54, 1.807) is 12.1 Å². The monoisotopic (exact) mass is 190 g/mol. The summed E-state index contributed by atoms with van der Waals surface area (Å²) in [6.45, 7) is 0. The van der Waals surface area contributed by atoms with Crippen molar-refractivity contribution in [3.05, 3.63) is 36.4 Å². The van der Waals surface area contributed by atoms with E-state index >= 15 is 0 Å². The summed E-state index contributed by atoms with van der Waals surface area (Å²) in [7, 11) is 0. The number of hydrogen-bond donors (Lipinski definition) is 1. The van der Waals surface area contributed by atoms with Gasteiger partial charge in [-0.1, -0.05) is 0 Å². The zero-order valence-corrected chi connectivity index (χ0v) is 7.04. The van der Waals surface area contributed by atoms with E-state index in [2.05, 4.69) is 9.97 Å². The Morgan fingerprint density at radius 2 is 2.07 bits per heavy atom. The summed E-state index contributed by atoms with van der Waals surface area (Å²) >= 11 is 0. The molecular formula is C9H6N2O3. The number of aromatic carboxylic acids is 1. The fraction of sp³-hybridized carbons (Fsp3) is 0. The average Bonchev–Trinajstić information content (AvgIpc) is 2.71. The van der Waals surface area contributed by atoms with E-state index in [0.717, 1.165) is 0 Å². The number of hydrogen-bond acceptors (Lipinski definition) is 4. The predicted molar refractivity (Wildman–Crippen MR) is 46.7 cm³/mol. The quantitative estimate of drug-likeness (QED) is 0.775. The van der Waals surface area contributed by atoms with Crippen molar-refractivity contribution in [3.8, 4) is 11.6 Å². The van der Waals surface area contributed by atoms with E-state index in [0.29, 0.717) is 11.6 Å². The van der Waals surface area contributed by atoms with Gasteiger partial charge in [0, 0.05) is 12.4 Å². The molecule has 5 heteroatoms. The largest absolute Gasteiger partial charge is 0.478 e. The Morgan fingerprint density at radius 3 is 2.57 bits per heavy atom. The molecule has 0 atom stereocenters. The minimum absolute atomic E-state index is 0.0558. The molecule has 0 bridgehead atoms. The van der Waals surface area contributed by atoms with Gasteiger partial charge >= 0.3 is 5.97 Å². The van der Waals surface area contributed by atoms with Crippen LogP contribution in [-0.2, 0) is 0 Å². The second kappa shape index (κ2) is 3.29. The maximum Gasteiger partial charge on any atom is 0.338 e. The molecule has 0 aromatic carbocycles. The zero-order chi connectivity index (χ0) is 9.97. The van der Waals surface area contributed by atoms with Gasteiger partial charge < -0.3 is 9.52 Å². The van der Waals surface area contributed by atoms with Gasteiger partial charge in [-0.3, -0.25) is 0 Å². The Morgan fingerprint density at radius 1 is 1.36 bits per heavy atom. The van der Waals surface area contributed by atoms with Crippen LogP contribution in [0.25, 0.3) is 11.6 Å². The first kappa shape index (κ1) is 8.43. The van der Waals surface area contributed by atoms with Crippen molar-refractivity contribution in [1.29, 1.82) is 0 Å². The third-order valence-electron chi connectivity index (χ3n) is 1.64. The molecule has 0 aliphatic heterocycles. The molecule has 0 aliphatic rings. The standard InChI is InChI=1S/C9H6N2O3/c12-9(13)6-4-10-8(11-5-6)7-2-1-3-14-7/h1-5H,(H,12,13). The van der Waals surface area contributed by atoms with Gasteiger partial charge in [0.25, 0.3) is 0 Å². The highest BCUT2D eigenvalue weighted by Gasteiger charge is 2.06. The Kier molecular flexibility index (Phi) is 1.98. The van der Waals surface area contributed by atoms with Crippen LogP contribution in [0.15, 0.2) is 35.2 Å². The van der Waals surface area contributed by atoms with Crippen molar-refractivity contribution < 1.29 is 14.3 Å². The van der Waals surface area contributed by atoms with Crippen molar-refractivity contribution in [2.75, 3.05) is 0 Å². The summed E-state index contributed by atoms with van der Waals surface area (Å²) in [4.78, 5) is 18.2. The fourth-order valence-electron chi connectivity index (χ4n) is 0.972. The SMILES string of the molecule is O=C(O)c1cnc(-c2ccco2)nc1. The molecule has 0 amide bonds. The lowest BCUT2D eigenvalue weighted by molar-refractivity contribution is 0.0696. The molecule has 0 saturated carbocycles. The van der Waals surface area contributed by atoms with Gasteiger partial charge in [0.2, 0.25) is 0 Å². The highest BCUT2D eigenvalue weighted by atomic mass is 16.4. The molecule has 2 rings (SSSR count). The fourth-order valence-corrected chi connectivity index (χ4v) is 0.972. The molecule has 0 radical (unpaired) electrons. The van der Waals surface area contributed by atoms with Gasteiger partial charge in [0.05, 0.1) is 11.8 Å². The lowest BCUT2D eigenvalue weighted by atomic mass is 10.3. The molecule has 0 unspecified atom stereocenters. The maximum absolute atomic E-state index is 10.5. The molecule has 70 valence electrons. The number of nitrogens with zero attached hydrogens (tertiary/aromatic N) is 2. The number of rotatable bonds is 2. The van der Waals surface area contributed by atoms with Crippen LogP contribution in [0.3, 0.4) is 0 Å². The van der Waals surface area contributed by atoms with Crippen molar-refractivity contribution >= 4 is 5.97 Å². The van der Waals surface area contributed by atoms with Crippen molar-refractivity contribution in [1.82, 2.24) is 9.97 Å². The minimum atomic E-state index is -1.05. The summed E-state index contributed by atoms with van der Waals surface area (Å²) < 4.78 is 5.05. The van der Waals surface area contributed by atoms with Gasteiger partial charge in [-0.25, -0.2) is 14.8 Å². The predicted octanol–water partition coefficient (Wildman–Crippen LogP) is 1.43. The molecule has 2 aromatic heterocycles. The van der Waals surface area contributed by atoms with E-state index in [1.165, 1.54) is 18.7 Å². The summed E-state index contributed by atoms with van der Waals surface area (Å²) in [6, 6.07) is 3.42.